The predicted octanol–water partition coefficient (Wildman–Crippen LogP) is 0.845. The molecule has 0 saturated carbocycles. The van der Waals surface area contributed by atoms with Gasteiger partial charge in [0.15, 0.2) is 0 Å². The summed E-state index contributed by atoms with van der Waals surface area (Å²) in [6.45, 7) is 1.67. The molecule has 0 spiro atoms. The largest absolute Gasteiger partial charge is 0.868 e. The minimum absolute atomic E-state index is 0.0963. The molecule has 0 heterocycles. The van der Waals surface area contributed by atoms with Gasteiger partial charge in [0.1, 0.15) is 5.56 Å². The van der Waals surface area contributed by atoms with E-state index < -0.39 is 22.3 Å². The van der Waals surface area contributed by atoms with Crippen molar-refractivity contribution in [1.82, 2.24) is 0 Å². The molecule has 1 rings (SSSR count). The summed E-state index contributed by atoms with van der Waals surface area (Å²) in [6.07, 6.45) is 0. The van der Waals surface area contributed by atoms with Crippen molar-refractivity contribution >= 4 is 11.7 Å². The first kappa shape index (κ1) is 11.0. The van der Waals surface area contributed by atoms with E-state index in [0.29, 0.717) is 0 Å². The standard InChI is InChI=1S/C9H9NO5/c1-2-15-9(12)6-4-3-5-7(11)8(6)10(13)14/h3-5,11H,2H2,1H3/p-1. The Hall–Kier alpha value is -2.11. The maximum absolute atomic E-state index is 11.3. The van der Waals surface area contributed by atoms with Crippen molar-refractivity contribution in [2.75, 3.05) is 6.61 Å². The van der Waals surface area contributed by atoms with Crippen molar-refractivity contribution in [1.29, 1.82) is 0 Å². The number of carbonyl (C=O) groups excluding carboxylic acids is 1. The molecule has 15 heavy (non-hydrogen) atoms. The Morgan fingerprint density at radius 2 is 2.20 bits per heavy atom. The van der Waals surface area contributed by atoms with Crippen LogP contribution >= 0.6 is 0 Å². The molecule has 0 aliphatic carbocycles. The van der Waals surface area contributed by atoms with E-state index in [1.54, 1.807) is 6.92 Å². The highest BCUT2D eigenvalue weighted by Gasteiger charge is 2.21. The normalized spacial score (nSPS) is 9.67. The quantitative estimate of drug-likeness (QED) is 0.418. The molecule has 6 heteroatoms. The second-order valence-electron chi connectivity index (χ2n) is 2.63. The highest BCUT2D eigenvalue weighted by molar-refractivity contribution is 5.95. The zero-order valence-electron chi connectivity index (χ0n) is 7.93. The van der Waals surface area contributed by atoms with Gasteiger partial charge in [-0.25, -0.2) is 4.79 Å². The summed E-state index contributed by atoms with van der Waals surface area (Å²) in [5.41, 5.74) is -1.05. The van der Waals surface area contributed by atoms with Gasteiger partial charge >= 0.3 is 5.97 Å². The number of rotatable bonds is 3. The minimum atomic E-state index is -0.880. The Kier molecular flexibility index (Phi) is 3.22. The van der Waals surface area contributed by atoms with Crippen molar-refractivity contribution < 1.29 is 19.6 Å². The van der Waals surface area contributed by atoms with Gasteiger partial charge in [-0.05, 0) is 18.7 Å². The summed E-state index contributed by atoms with van der Waals surface area (Å²) < 4.78 is 4.59. The number of ether oxygens (including phenoxy) is 1. The summed E-state index contributed by atoms with van der Waals surface area (Å²) in [4.78, 5) is 20.9. The number of esters is 1. The van der Waals surface area contributed by atoms with Crippen LogP contribution in [0.25, 0.3) is 0 Å². The fraction of sp³-hybridized carbons (Fsp3) is 0.222. The lowest BCUT2D eigenvalue weighted by Gasteiger charge is -2.09. The Morgan fingerprint density at radius 1 is 1.53 bits per heavy atom. The molecule has 0 fully saturated rings. The molecular weight excluding hydrogens is 202 g/mol. The van der Waals surface area contributed by atoms with Gasteiger partial charge in [0.2, 0.25) is 0 Å². The summed E-state index contributed by atoms with van der Waals surface area (Å²) in [5.74, 6) is -1.66. The van der Waals surface area contributed by atoms with Crippen molar-refractivity contribution in [2.24, 2.45) is 0 Å². The minimum Gasteiger partial charge on any atom is -0.868 e. The first-order chi connectivity index (χ1) is 7.07. The van der Waals surface area contributed by atoms with E-state index in [-0.39, 0.29) is 12.2 Å². The van der Waals surface area contributed by atoms with Crippen LogP contribution < -0.4 is 5.11 Å². The molecule has 80 valence electrons. The van der Waals surface area contributed by atoms with Crippen LogP contribution in [0.15, 0.2) is 18.2 Å². The van der Waals surface area contributed by atoms with Gasteiger partial charge in [-0.15, -0.1) is 0 Å². The van der Waals surface area contributed by atoms with Crippen LogP contribution in [0.5, 0.6) is 5.75 Å². The second-order valence-corrected chi connectivity index (χ2v) is 2.63. The lowest BCUT2D eigenvalue weighted by Crippen LogP contribution is -2.09. The molecule has 0 aliphatic rings. The second kappa shape index (κ2) is 4.41. The number of hydrogen-bond donors (Lipinski definition) is 0. The van der Waals surface area contributed by atoms with Crippen LogP contribution in [0.2, 0.25) is 0 Å². The Morgan fingerprint density at radius 3 is 2.73 bits per heavy atom. The highest BCUT2D eigenvalue weighted by atomic mass is 16.6. The third-order valence-corrected chi connectivity index (χ3v) is 1.68. The summed E-state index contributed by atoms with van der Waals surface area (Å²) in [7, 11) is 0. The fourth-order valence-electron chi connectivity index (χ4n) is 1.08. The van der Waals surface area contributed by atoms with Crippen molar-refractivity contribution in [3.05, 3.63) is 33.9 Å². The molecule has 0 unspecified atom stereocenters. The Labute approximate surface area is 85.2 Å². The molecule has 0 aromatic heterocycles. The molecule has 1 aromatic rings. The molecule has 0 N–H and O–H groups in total. The van der Waals surface area contributed by atoms with Gasteiger partial charge in [0.25, 0.3) is 5.69 Å². The molecule has 6 nitrogen and oxygen atoms in total. The van der Waals surface area contributed by atoms with Crippen LogP contribution in [-0.2, 0) is 4.74 Å². The monoisotopic (exact) mass is 210 g/mol. The van der Waals surface area contributed by atoms with Crippen LogP contribution in [-0.4, -0.2) is 17.5 Å². The number of nitro benzene ring substituents is 1. The number of para-hydroxylation sites is 1. The maximum atomic E-state index is 11.3. The first-order valence-corrected chi connectivity index (χ1v) is 4.19. The summed E-state index contributed by atoms with van der Waals surface area (Å²) in [5, 5.41) is 21.7. The van der Waals surface area contributed by atoms with Crippen molar-refractivity contribution in [2.45, 2.75) is 6.92 Å². The predicted molar refractivity (Wildman–Crippen MR) is 48.5 cm³/mol. The van der Waals surface area contributed by atoms with Gasteiger partial charge < -0.3 is 9.84 Å². The average molecular weight is 210 g/mol. The maximum Gasteiger partial charge on any atom is 0.345 e. The van der Waals surface area contributed by atoms with Gasteiger partial charge in [0, 0.05) is 0 Å². The zero-order valence-corrected chi connectivity index (χ0v) is 7.93. The molecular formula is C9H8NO5-. The van der Waals surface area contributed by atoms with Gasteiger partial charge in [0.05, 0.1) is 11.5 Å². The molecule has 0 aliphatic heterocycles. The van der Waals surface area contributed by atoms with Crippen molar-refractivity contribution in [3.8, 4) is 5.75 Å². The summed E-state index contributed by atoms with van der Waals surface area (Å²) >= 11 is 0. The molecule has 0 saturated heterocycles. The number of carbonyl (C=O) groups is 1. The third-order valence-electron chi connectivity index (χ3n) is 1.68. The number of nitrogens with zero attached hydrogens (tertiary/aromatic N) is 1. The smallest absolute Gasteiger partial charge is 0.345 e. The fourth-order valence-corrected chi connectivity index (χ4v) is 1.08. The Bertz CT molecular complexity index is 401. The third kappa shape index (κ3) is 2.22. The van der Waals surface area contributed by atoms with Gasteiger partial charge in [-0.1, -0.05) is 12.1 Å². The van der Waals surface area contributed by atoms with E-state index in [1.807, 2.05) is 0 Å². The van der Waals surface area contributed by atoms with Crippen LogP contribution in [0.3, 0.4) is 0 Å². The first-order valence-electron chi connectivity index (χ1n) is 4.19. The summed E-state index contributed by atoms with van der Waals surface area (Å²) in [6, 6.07) is 3.50. The topological polar surface area (TPSA) is 92.5 Å². The van der Waals surface area contributed by atoms with Crippen molar-refractivity contribution in [3.63, 3.8) is 0 Å². The van der Waals surface area contributed by atoms with Crippen LogP contribution in [0, 0.1) is 10.1 Å². The molecule has 0 bridgehead atoms. The highest BCUT2D eigenvalue weighted by Crippen LogP contribution is 2.27. The average Bonchev–Trinajstić information content (AvgIpc) is 2.17. The molecule has 0 atom stereocenters. The Balaban J connectivity index is 3.23. The van der Waals surface area contributed by atoms with Gasteiger partial charge in [-0.2, -0.15) is 0 Å². The molecule has 0 amide bonds. The lowest BCUT2D eigenvalue weighted by molar-refractivity contribution is -0.398. The van der Waals surface area contributed by atoms with E-state index >= 15 is 0 Å². The number of nitro groups is 1. The van der Waals surface area contributed by atoms with E-state index in [2.05, 4.69) is 4.74 Å². The van der Waals surface area contributed by atoms with E-state index in [9.17, 15) is 20.0 Å². The molecule has 0 radical (unpaired) electrons. The number of benzene rings is 1. The zero-order chi connectivity index (χ0) is 11.4. The number of hydrogen-bond acceptors (Lipinski definition) is 5. The molecule has 1 aromatic carbocycles. The van der Waals surface area contributed by atoms with E-state index in [0.717, 1.165) is 6.07 Å². The van der Waals surface area contributed by atoms with Crippen LogP contribution in [0.1, 0.15) is 17.3 Å². The SMILES string of the molecule is CCOC(=O)c1cccc([O-])c1[N+](=O)[O-]. The van der Waals surface area contributed by atoms with E-state index in [1.165, 1.54) is 12.1 Å². The van der Waals surface area contributed by atoms with Gasteiger partial charge in [-0.3, -0.25) is 10.1 Å². The lowest BCUT2D eigenvalue weighted by atomic mass is 10.1. The van der Waals surface area contributed by atoms with Crippen LogP contribution in [0.4, 0.5) is 5.69 Å². The van der Waals surface area contributed by atoms with E-state index in [4.69, 9.17) is 0 Å².